The van der Waals surface area contributed by atoms with E-state index in [9.17, 15) is 9.59 Å². The maximum Gasteiger partial charge on any atom is 0.307 e. The molecule has 1 aliphatic heterocycles. The number of hydrogen-bond donors (Lipinski definition) is 0. The lowest BCUT2D eigenvalue weighted by Crippen LogP contribution is -2.18. The zero-order valence-corrected chi connectivity index (χ0v) is 18.4. The Bertz CT molecular complexity index is 1080. The van der Waals surface area contributed by atoms with E-state index >= 15 is 0 Å². The molecular weight excluding hydrogens is 472 g/mol. The van der Waals surface area contributed by atoms with Crippen LogP contribution in [0.15, 0.2) is 81.0 Å². The first kappa shape index (κ1) is 20.2. The van der Waals surface area contributed by atoms with E-state index in [2.05, 4.69) is 15.9 Å². The van der Waals surface area contributed by atoms with E-state index in [1.54, 1.807) is 36.0 Å². The minimum absolute atomic E-state index is 0.151. The van der Waals surface area contributed by atoms with Crippen molar-refractivity contribution in [1.29, 1.82) is 0 Å². The maximum atomic E-state index is 12.6. The van der Waals surface area contributed by atoms with Crippen LogP contribution >= 0.6 is 39.3 Å². The first-order valence-electron chi connectivity index (χ1n) is 9.02. The minimum atomic E-state index is -0.409. The average molecular weight is 488 g/mol. The number of carbonyl (C=O) groups is 2. The van der Waals surface area contributed by atoms with Crippen LogP contribution in [0.1, 0.15) is 33.8 Å². The first-order chi connectivity index (χ1) is 14.0. The fourth-order valence-electron chi connectivity index (χ4n) is 3.34. The van der Waals surface area contributed by atoms with Gasteiger partial charge in [0.2, 0.25) is 0 Å². The average Bonchev–Trinajstić information content (AvgIpc) is 2.73. The molecule has 0 aromatic heterocycles. The molecule has 0 saturated heterocycles. The minimum Gasteiger partial charge on any atom is -0.457 e. The lowest BCUT2D eigenvalue weighted by molar-refractivity contribution is -0.142. The molecule has 29 heavy (non-hydrogen) atoms. The van der Waals surface area contributed by atoms with Crippen molar-refractivity contribution in [2.45, 2.75) is 22.1 Å². The summed E-state index contributed by atoms with van der Waals surface area (Å²) in [5.74, 6) is -0.793. The number of Topliss-reactive ketones (excluding diaryl/α,β-unsaturated/α-hetero) is 1. The van der Waals surface area contributed by atoms with Gasteiger partial charge in [0.15, 0.2) is 12.4 Å². The van der Waals surface area contributed by atoms with E-state index in [1.807, 2.05) is 42.5 Å². The third-order valence-electron chi connectivity index (χ3n) is 4.76. The molecule has 0 saturated carbocycles. The Kier molecular flexibility index (Phi) is 6.09. The molecule has 3 aromatic carbocycles. The number of hydrogen-bond acceptors (Lipinski definition) is 4. The molecule has 0 N–H and O–H groups in total. The zero-order valence-electron chi connectivity index (χ0n) is 15.2. The van der Waals surface area contributed by atoms with Gasteiger partial charge in [0.1, 0.15) is 0 Å². The summed E-state index contributed by atoms with van der Waals surface area (Å²) in [6, 6.07) is 20.7. The first-order valence-corrected chi connectivity index (χ1v) is 11.0. The molecule has 0 bridgehead atoms. The highest BCUT2D eigenvalue weighted by molar-refractivity contribution is 9.10. The van der Waals surface area contributed by atoms with E-state index in [1.165, 1.54) is 0 Å². The molecule has 3 aromatic rings. The summed E-state index contributed by atoms with van der Waals surface area (Å²) in [6.07, 6.45) is 0.151. The summed E-state index contributed by atoms with van der Waals surface area (Å²) < 4.78 is 6.20. The van der Waals surface area contributed by atoms with E-state index in [0.717, 1.165) is 25.4 Å². The summed E-state index contributed by atoms with van der Waals surface area (Å²) in [7, 11) is 0. The molecule has 0 spiro atoms. The van der Waals surface area contributed by atoms with Crippen molar-refractivity contribution in [2.75, 3.05) is 6.61 Å². The van der Waals surface area contributed by atoms with Crippen LogP contribution in [0.5, 0.6) is 0 Å². The van der Waals surface area contributed by atoms with Crippen LogP contribution in [0.4, 0.5) is 0 Å². The number of rotatable bonds is 5. The second kappa shape index (κ2) is 8.74. The lowest BCUT2D eigenvalue weighted by Gasteiger charge is -2.27. The van der Waals surface area contributed by atoms with Crippen molar-refractivity contribution in [3.63, 3.8) is 0 Å². The molecule has 4 rings (SSSR count). The van der Waals surface area contributed by atoms with Crippen LogP contribution in [0, 0.1) is 0 Å². The molecule has 146 valence electrons. The van der Waals surface area contributed by atoms with Crippen LogP contribution in [-0.4, -0.2) is 18.4 Å². The van der Waals surface area contributed by atoms with E-state index < -0.39 is 5.97 Å². The molecule has 1 unspecified atom stereocenters. The number of ketones is 1. The number of esters is 1. The van der Waals surface area contributed by atoms with Gasteiger partial charge >= 0.3 is 5.97 Å². The summed E-state index contributed by atoms with van der Waals surface area (Å²) in [5, 5.41) is 0.632. The highest BCUT2D eigenvalue weighted by Crippen LogP contribution is 2.47. The number of halogens is 2. The lowest BCUT2D eigenvalue weighted by atomic mass is 9.88. The van der Waals surface area contributed by atoms with Crippen molar-refractivity contribution in [3.05, 3.63) is 92.9 Å². The van der Waals surface area contributed by atoms with Crippen molar-refractivity contribution >= 4 is 51.0 Å². The fourth-order valence-corrected chi connectivity index (χ4v) is 4.95. The molecule has 1 aliphatic rings. The summed E-state index contributed by atoms with van der Waals surface area (Å²) in [4.78, 5) is 27.1. The van der Waals surface area contributed by atoms with Gasteiger partial charge in [0.25, 0.3) is 0 Å². The molecule has 1 heterocycles. The highest BCUT2D eigenvalue weighted by Gasteiger charge is 2.29. The van der Waals surface area contributed by atoms with Gasteiger partial charge in [-0.3, -0.25) is 9.59 Å². The summed E-state index contributed by atoms with van der Waals surface area (Å²) in [5.41, 5.74) is 2.60. The van der Waals surface area contributed by atoms with Crippen LogP contribution < -0.4 is 0 Å². The predicted octanol–water partition coefficient (Wildman–Crippen LogP) is 6.52. The normalized spacial score (nSPS) is 14.6. The molecular formula is C23H16BrClO3S. The van der Waals surface area contributed by atoms with Crippen LogP contribution in [0.25, 0.3) is 0 Å². The van der Waals surface area contributed by atoms with Gasteiger partial charge < -0.3 is 4.74 Å². The van der Waals surface area contributed by atoms with Gasteiger partial charge in [-0.15, -0.1) is 0 Å². The number of ether oxygens (including phenoxy) is 1. The van der Waals surface area contributed by atoms with E-state index in [4.69, 9.17) is 16.3 Å². The van der Waals surface area contributed by atoms with E-state index in [-0.39, 0.29) is 24.7 Å². The van der Waals surface area contributed by atoms with Crippen molar-refractivity contribution < 1.29 is 14.3 Å². The quantitative estimate of drug-likeness (QED) is 0.304. The Labute approximate surface area is 186 Å². The third-order valence-corrected chi connectivity index (χ3v) is 6.71. The summed E-state index contributed by atoms with van der Waals surface area (Å²) >= 11 is 11.2. The number of benzene rings is 3. The molecule has 0 amide bonds. The van der Waals surface area contributed by atoms with Gasteiger partial charge in [-0.1, -0.05) is 69.6 Å². The van der Waals surface area contributed by atoms with Gasteiger partial charge in [-0.05, 0) is 47.5 Å². The van der Waals surface area contributed by atoms with Gasteiger partial charge in [-0.25, -0.2) is 0 Å². The Hall–Kier alpha value is -2.08. The zero-order chi connectivity index (χ0) is 20.4. The molecule has 0 fully saturated rings. The van der Waals surface area contributed by atoms with Crippen LogP contribution in [0.2, 0.25) is 5.02 Å². The fraction of sp³-hybridized carbons (Fsp3) is 0.130. The largest absolute Gasteiger partial charge is 0.457 e. The summed E-state index contributed by atoms with van der Waals surface area (Å²) in [6.45, 7) is -0.272. The van der Waals surface area contributed by atoms with Gasteiger partial charge in [-0.2, -0.15) is 0 Å². The molecule has 3 nitrogen and oxygen atoms in total. The smallest absolute Gasteiger partial charge is 0.307 e. The van der Waals surface area contributed by atoms with Crippen molar-refractivity contribution in [3.8, 4) is 0 Å². The predicted molar refractivity (Wildman–Crippen MR) is 118 cm³/mol. The standard InChI is InChI=1S/C23H16BrClO3S/c24-15-7-5-14(6-8-15)20(26)13-28-23(27)12-18-17-3-1-2-4-21(17)29-22-10-9-16(25)11-19(18)22/h1-11,18H,12-13H2. The van der Waals surface area contributed by atoms with Crippen LogP contribution in [0.3, 0.4) is 0 Å². The van der Waals surface area contributed by atoms with Crippen molar-refractivity contribution in [2.24, 2.45) is 0 Å². The van der Waals surface area contributed by atoms with Crippen LogP contribution in [-0.2, 0) is 9.53 Å². The second-order valence-corrected chi connectivity index (χ2v) is 9.11. The molecule has 0 radical (unpaired) electrons. The SMILES string of the molecule is O=C(CC1c2ccccc2Sc2ccc(Cl)cc21)OCC(=O)c1ccc(Br)cc1. The molecule has 6 heteroatoms. The highest BCUT2D eigenvalue weighted by atomic mass is 79.9. The Balaban J connectivity index is 1.50. The number of fused-ring (bicyclic) bond motifs is 2. The monoisotopic (exact) mass is 486 g/mol. The molecule has 1 atom stereocenters. The third kappa shape index (κ3) is 4.58. The Morgan fingerprint density at radius 1 is 0.966 bits per heavy atom. The number of carbonyl (C=O) groups excluding carboxylic acids is 2. The Morgan fingerprint density at radius 3 is 2.48 bits per heavy atom. The second-order valence-electron chi connectivity index (χ2n) is 6.67. The van der Waals surface area contributed by atoms with E-state index in [0.29, 0.717) is 10.6 Å². The Morgan fingerprint density at radius 2 is 1.69 bits per heavy atom. The van der Waals surface area contributed by atoms with Gasteiger partial charge in [0.05, 0.1) is 6.42 Å². The van der Waals surface area contributed by atoms with Crippen molar-refractivity contribution in [1.82, 2.24) is 0 Å². The molecule has 0 aliphatic carbocycles. The maximum absolute atomic E-state index is 12.6. The topological polar surface area (TPSA) is 43.4 Å². The van der Waals surface area contributed by atoms with Gasteiger partial charge in [0, 0.05) is 30.8 Å².